The molecule has 0 bridgehead atoms. The number of allylic oxidation sites excluding steroid dienone is 1. The van der Waals surface area contributed by atoms with E-state index in [1.165, 1.54) is 18.2 Å². The molecule has 6 heteroatoms. The van der Waals surface area contributed by atoms with Crippen molar-refractivity contribution in [1.82, 2.24) is 0 Å². The van der Waals surface area contributed by atoms with Gasteiger partial charge >= 0.3 is 0 Å². The molecule has 0 unspecified atom stereocenters. The summed E-state index contributed by atoms with van der Waals surface area (Å²) < 4.78 is 0. The number of hydrogen-bond donors (Lipinski definition) is 1. The summed E-state index contributed by atoms with van der Waals surface area (Å²) in [4.78, 5) is 24.4. The SMILES string of the molecule is CC1(C)CC(=O)C2=C(C1)c1c(ccc3ccccc13)N[C@H]2c1cc([N+](=O)[O-])ccc1Cl. The van der Waals surface area contributed by atoms with Crippen molar-refractivity contribution in [3.05, 3.63) is 86.4 Å². The molecule has 31 heavy (non-hydrogen) atoms. The van der Waals surface area contributed by atoms with Gasteiger partial charge < -0.3 is 5.32 Å². The van der Waals surface area contributed by atoms with Crippen molar-refractivity contribution in [3.63, 3.8) is 0 Å². The molecule has 3 aromatic rings. The van der Waals surface area contributed by atoms with E-state index in [4.69, 9.17) is 11.6 Å². The molecule has 1 heterocycles. The highest BCUT2D eigenvalue weighted by Crippen LogP contribution is 2.52. The molecule has 3 aromatic carbocycles. The van der Waals surface area contributed by atoms with Crippen LogP contribution in [-0.2, 0) is 4.79 Å². The minimum atomic E-state index is -0.528. The molecule has 1 N–H and O–H groups in total. The number of fused-ring (bicyclic) bond motifs is 4. The Morgan fingerprint density at radius 2 is 1.87 bits per heavy atom. The second-order valence-electron chi connectivity index (χ2n) is 9.08. The molecule has 156 valence electrons. The fourth-order valence-corrected chi connectivity index (χ4v) is 5.16. The first-order valence-electron chi connectivity index (χ1n) is 10.2. The molecule has 0 radical (unpaired) electrons. The Labute approximate surface area is 184 Å². The Balaban J connectivity index is 1.80. The number of hydrogen-bond acceptors (Lipinski definition) is 4. The largest absolute Gasteiger partial charge is 0.373 e. The summed E-state index contributed by atoms with van der Waals surface area (Å²) in [5.74, 6) is 0.0601. The monoisotopic (exact) mass is 432 g/mol. The fourth-order valence-electron chi connectivity index (χ4n) is 4.94. The Morgan fingerprint density at radius 3 is 2.65 bits per heavy atom. The molecule has 0 aromatic heterocycles. The lowest BCUT2D eigenvalue weighted by Crippen LogP contribution is -2.33. The average Bonchev–Trinajstić information content (AvgIpc) is 2.72. The smallest absolute Gasteiger partial charge is 0.269 e. The number of non-ortho nitro benzene ring substituents is 1. The lowest BCUT2D eigenvalue weighted by Gasteiger charge is -2.40. The van der Waals surface area contributed by atoms with Gasteiger partial charge in [0.1, 0.15) is 0 Å². The first kappa shape index (κ1) is 19.8. The summed E-state index contributed by atoms with van der Waals surface area (Å²) in [7, 11) is 0. The van der Waals surface area contributed by atoms with E-state index >= 15 is 0 Å². The van der Waals surface area contributed by atoms with Crippen LogP contribution >= 0.6 is 11.6 Å². The molecule has 1 aliphatic heterocycles. The van der Waals surface area contributed by atoms with Gasteiger partial charge in [0.15, 0.2) is 5.78 Å². The van der Waals surface area contributed by atoms with Crippen LogP contribution in [-0.4, -0.2) is 10.7 Å². The van der Waals surface area contributed by atoms with Crippen molar-refractivity contribution in [3.8, 4) is 0 Å². The predicted octanol–water partition coefficient (Wildman–Crippen LogP) is 6.71. The normalized spacial score (nSPS) is 19.6. The molecule has 1 atom stereocenters. The third-order valence-corrected chi connectivity index (χ3v) is 6.58. The van der Waals surface area contributed by atoms with Crippen LogP contribution in [0.3, 0.4) is 0 Å². The van der Waals surface area contributed by atoms with E-state index in [0.717, 1.165) is 34.0 Å². The molecule has 1 aliphatic carbocycles. The number of nitro benzene ring substituents is 1. The fraction of sp³-hybridized carbons (Fsp3) is 0.240. The number of carbonyl (C=O) groups excluding carboxylic acids is 1. The van der Waals surface area contributed by atoms with Crippen molar-refractivity contribution >= 4 is 45.1 Å². The second-order valence-corrected chi connectivity index (χ2v) is 9.49. The third kappa shape index (κ3) is 3.20. The van der Waals surface area contributed by atoms with E-state index in [2.05, 4.69) is 37.4 Å². The summed E-state index contributed by atoms with van der Waals surface area (Å²) in [5, 5.41) is 17.5. The minimum absolute atomic E-state index is 0.0451. The lowest BCUT2D eigenvalue weighted by molar-refractivity contribution is -0.384. The molecule has 2 aliphatic rings. The van der Waals surface area contributed by atoms with Crippen LogP contribution in [0.5, 0.6) is 0 Å². The van der Waals surface area contributed by atoms with Crippen LogP contribution in [0.15, 0.2) is 60.2 Å². The van der Waals surface area contributed by atoms with Crippen LogP contribution < -0.4 is 5.32 Å². The van der Waals surface area contributed by atoms with Crippen LogP contribution in [0, 0.1) is 15.5 Å². The maximum Gasteiger partial charge on any atom is 0.269 e. The number of halogens is 1. The van der Waals surface area contributed by atoms with Gasteiger partial charge in [0.05, 0.1) is 11.0 Å². The predicted molar refractivity (Wildman–Crippen MR) is 123 cm³/mol. The zero-order valence-electron chi connectivity index (χ0n) is 17.2. The molecule has 0 spiro atoms. The zero-order valence-corrected chi connectivity index (χ0v) is 18.0. The standard InChI is InChI=1S/C25H21ClN2O3/c1-25(2)12-18-22-16-6-4-3-5-14(16)7-10-20(22)27-24(23(18)21(29)13-25)17-11-15(28(30)31)8-9-19(17)26/h3-11,24,27H,12-13H2,1-2H3/t24-/m0/s1. The average molecular weight is 433 g/mol. The van der Waals surface area contributed by atoms with Gasteiger partial charge in [-0.05, 0) is 40.3 Å². The number of nitrogens with one attached hydrogen (secondary N) is 1. The maximum atomic E-state index is 13.4. The minimum Gasteiger partial charge on any atom is -0.373 e. The molecule has 0 saturated heterocycles. The van der Waals surface area contributed by atoms with Gasteiger partial charge in [-0.2, -0.15) is 0 Å². The number of Topliss-reactive ketones (excluding diaryl/α,β-unsaturated/α-hetero) is 1. The first-order valence-corrected chi connectivity index (χ1v) is 10.6. The van der Waals surface area contributed by atoms with Gasteiger partial charge in [-0.3, -0.25) is 14.9 Å². The van der Waals surface area contributed by atoms with Crippen molar-refractivity contribution < 1.29 is 9.72 Å². The number of carbonyl (C=O) groups is 1. The highest BCUT2D eigenvalue weighted by molar-refractivity contribution is 6.31. The van der Waals surface area contributed by atoms with Crippen LogP contribution in [0.4, 0.5) is 11.4 Å². The summed E-state index contributed by atoms with van der Waals surface area (Å²) in [6.45, 7) is 4.22. The van der Waals surface area contributed by atoms with E-state index in [1.807, 2.05) is 18.2 Å². The van der Waals surface area contributed by atoms with E-state index in [1.54, 1.807) is 0 Å². The van der Waals surface area contributed by atoms with E-state index in [-0.39, 0.29) is 16.9 Å². The van der Waals surface area contributed by atoms with Crippen LogP contribution in [0.2, 0.25) is 5.02 Å². The quantitative estimate of drug-likeness (QED) is 0.360. The topological polar surface area (TPSA) is 72.2 Å². The Bertz CT molecular complexity index is 1310. The molecular weight excluding hydrogens is 412 g/mol. The Morgan fingerprint density at radius 1 is 1.10 bits per heavy atom. The lowest BCUT2D eigenvalue weighted by atomic mass is 9.68. The van der Waals surface area contributed by atoms with Gasteiger partial charge in [0.25, 0.3) is 5.69 Å². The van der Waals surface area contributed by atoms with Crippen molar-refractivity contribution in [2.45, 2.75) is 32.7 Å². The van der Waals surface area contributed by atoms with Gasteiger partial charge in [-0.1, -0.05) is 55.8 Å². The Hall–Kier alpha value is -3.18. The highest BCUT2D eigenvalue weighted by Gasteiger charge is 2.41. The molecule has 0 saturated carbocycles. The van der Waals surface area contributed by atoms with Crippen molar-refractivity contribution in [2.24, 2.45) is 5.41 Å². The van der Waals surface area contributed by atoms with Gasteiger partial charge in [0.2, 0.25) is 0 Å². The van der Waals surface area contributed by atoms with Gasteiger partial charge in [-0.15, -0.1) is 0 Å². The summed E-state index contributed by atoms with van der Waals surface area (Å²) in [6, 6.07) is 16.1. The number of nitrogens with zero attached hydrogens (tertiary/aromatic N) is 1. The molecule has 5 rings (SSSR count). The number of ketones is 1. The highest BCUT2D eigenvalue weighted by atomic mass is 35.5. The van der Waals surface area contributed by atoms with Crippen LogP contribution in [0.25, 0.3) is 16.3 Å². The molecule has 0 fully saturated rings. The summed E-state index contributed by atoms with van der Waals surface area (Å²) in [6.07, 6.45) is 1.18. The molecule has 0 amide bonds. The number of rotatable bonds is 2. The number of nitro groups is 1. The summed E-state index contributed by atoms with van der Waals surface area (Å²) in [5.41, 5.74) is 3.98. The van der Waals surface area contributed by atoms with E-state index in [9.17, 15) is 14.9 Å². The maximum absolute atomic E-state index is 13.4. The zero-order chi connectivity index (χ0) is 21.9. The molecule has 5 nitrogen and oxygen atoms in total. The molecular formula is C25H21ClN2O3. The second kappa shape index (κ2) is 6.92. The van der Waals surface area contributed by atoms with Crippen LogP contribution in [0.1, 0.15) is 43.9 Å². The first-order chi connectivity index (χ1) is 14.7. The van der Waals surface area contributed by atoms with Crippen molar-refractivity contribution in [2.75, 3.05) is 5.32 Å². The third-order valence-electron chi connectivity index (χ3n) is 6.24. The summed E-state index contributed by atoms with van der Waals surface area (Å²) >= 11 is 6.49. The van der Waals surface area contributed by atoms with Crippen molar-refractivity contribution in [1.29, 1.82) is 0 Å². The van der Waals surface area contributed by atoms with E-state index < -0.39 is 11.0 Å². The number of benzene rings is 3. The van der Waals surface area contributed by atoms with Gasteiger partial charge in [-0.25, -0.2) is 0 Å². The number of anilines is 1. The Kier molecular flexibility index (Phi) is 4.41. The van der Waals surface area contributed by atoms with Gasteiger partial charge in [0, 0.05) is 46.0 Å². The van der Waals surface area contributed by atoms with E-state index in [0.29, 0.717) is 22.6 Å².